The molecule has 3 heterocycles. The third-order valence-electron chi connectivity index (χ3n) is 5.12. The Kier molecular flexibility index (Phi) is 5.92. The van der Waals surface area contributed by atoms with Crippen LogP contribution in [-0.2, 0) is 4.74 Å². The maximum atomic E-state index is 12.1. The molecule has 2 N–H and O–H groups in total. The number of benzene rings is 2. The summed E-state index contributed by atoms with van der Waals surface area (Å²) in [5.41, 5.74) is 7.53. The Morgan fingerprint density at radius 3 is 2.49 bits per heavy atom. The number of hydrogen-bond donors (Lipinski definition) is 2. The van der Waals surface area contributed by atoms with Gasteiger partial charge in [-0.05, 0) is 68.3 Å². The molecule has 0 radical (unpaired) electrons. The summed E-state index contributed by atoms with van der Waals surface area (Å²) >= 11 is 1.45. The van der Waals surface area contributed by atoms with Gasteiger partial charge in [0.1, 0.15) is 16.8 Å². The minimum atomic E-state index is -0.557. The van der Waals surface area contributed by atoms with Gasteiger partial charge in [-0.25, -0.2) is 9.78 Å². The number of carbonyl (C=O) groups is 1. The van der Waals surface area contributed by atoms with Crippen molar-refractivity contribution in [3.05, 3.63) is 78.6 Å². The van der Waals surface area contributed by atoms with Gasteiger partial charge in [0.25, 0.3) is 0 Å². The van der Waals surface area contributed by atoms with Gasteiger partial charge in [0.2, 0.25) is 5.13 Å². The van der Waals surface area contributed by atoms with Crippen molar-refractivity contribution in [2.75, 3.05) is 10.6 Å². The van der Waals surface area contributed by atoms with E-state index in [1.165, 1.54) is 11.3 Å². The van der Waals surface area contributed by atoms with Crippen molar-refractivity contribution in [1.29, 1.82) is 0 Å². The molecule has 0 aliphatic carbocycles. The quantitative estimate of drug-likeness (QED) is 0.292. The SMILES string of the molecule is CC(C)(C)OC(=O)Nc1cccc(-c2ccn3c(-c4cccc(Nc5nncs5)c4)cnc3c2)c1. The molecule has 0 saturated carbocycles. The van der Waals surface area contributed by atoms with Crippen LogP contribution in [0.3, 0.4) is 0 Å². The maximum Gasteiger partial charge on any atom is 0.412 e. The Balaban J connectivity index is 1.39. The molecule has 0 fully saturated rings. The van der Waals surface area contributed by atoms with Crippen molar-refractivity contribution in [2.24, 2.45) is 0 Å². The van der Waals surface area contributed by atoms with Gasteiger partial charge in [0, 0.05) is 23.1 Å². The van der Waals surface area contributed by atoms with Crippen molar-refractivity contribution < 1.29 is 9.53 Å². The van der Waals surface area contributed by atoms with Gasteiger partial charge in [-0.1, -0.05) is 35.6 Å². The number of amides is 1. The number of aromatic nitrogens is 4. The molecule has 0 atom stereocenters. The van der Waals surface area contributed by atoms with Crippen LogP contribution in [0.15, 0.2) is 78.6 Å². The Morgan fingerprint density at radius 2 is 1.71 bits per heavy atom. The molecular weight excluding hydrogens is 460 g/mol. The maximum absolute atomic E-state index is 12.1. The first kappa shape index (κ1) is 22.5. The first-order valence-electron chi connectivity index (χ1n) is 11.1. The summed E-state index contributed by atoms with van der Waals surface area (Å²) in [6.07, 6.45) is 3.39. The predicted molar refractivity (Wildman–Crippen MR) is 139 cm³/mol. The van der Waals surface area contributed by atoms with Gasteiger partial charge in [-0.3, -0.25) is 9.72 Å². The Morgan fingerprint density at radius 1 is 0.971 bits per heavy atom. The first-order chi connectivity index (χ1) is 16.8. The fourth-order valence-electron chi connectivity index (χ4n) is 3.68. The van der Waals surface area contributed by atoms with Crippen LogP contribution >= 0.6 is 11.3 Å². The predicted octanol–water partition coefficient (Wildman–Crippen LogP) is 6.61. The van der Waals surface area contributed by atoms with Crippen LogP contribution in [-0.4, -0.2) is 31.3 Å². The highest BCUT2D eigenvalue weighted by Crippen LogP contribution is 2.29. The Hall–Kier alpha value is -4.24. The summed E-state index contributed by atoms with van der Waals surface area (Å²) in [6.45, 7) is 5.51. The number of rotatable bonds is 5. The number of pyridine rings is 1. The average Bonchev–Trinajstić information content (AvgIpc) is 3.47. The summed E-state index contributed by atoms with van der Waals surface area (Å²) in [4.78, 5) is 16.8. The van der Waals surface area contributed by atoms with E-state index >= 15 is 0 Å². The van der Waals surface area contributed by atoms with Gasteiger partial charge in [-0.2, -0.15) is 0 Å². The summed E-state index contributed by atoms with van der Waals surface area (Å²) in [5, 5.41) is 14.7. The van der Waals surface area contributed by atoms with E-state index in [2.05, 4.69) is 42.3 Å². The fourth-order valence-corrected chi connectivity index (χ4v) is 4.14. The van der Waals surface area contributed by atoms with E-state index in [-0.39, 0.29) is 0 Å². The third-order valence-corrected chi connectivity index (χ3v) is 5.73. The van der Waals surface area contributed by atoms with Gasteiger partial charge < -0.3 is 10.1 Å². The summed E-state index contributed by atoms with van der Waals surface area (Å²) in [5.74, 6) is 0. The molecule has 3 aromatic heterocycles. The highest BCUT2D eigenvalue weighted by Gasteiger charge is 2.16. The van der Waals surface area contributed by atoms with Gasteiger partial charge in [-0.15, -0.1) is 10.2 Å². The van der Waals surface area contributed by atoms with Crippen LogP contribution in [0, 0.1) is 0 Å². The highest BCUT2D eigenvalue weighted by atomic mass is 32.1. The second kappa shape index (κ2) is 9.19. The van der Waals surface area contributed by atoms with Crippen molar-refractivity contribution in [3.8, 4) is 22.4 Å². The average molecular weight is 485 g/mol. The molecular formula is C26H24N6O2S. The minimum Gasteiger partial charge on any atom is -0.444 e. The van der Waals surface area contributed by atoms with Crippen LogP contribution in [0.4, 0.5) is 21.3 Å². The lowest BCUT2D eigenvalue weighted by atomic mass is 10.1. The topological polar surface area (TPSA) is 93.4 Å². The molecule has 0 bridgehead atoms. The van der Waals surface area contributed by atoms with Crippen molar-refractivity contribution >= 4 is 39.6 Å². The van der Waals surface area contributed by atoms with E-state index in [9.17, 15) is 4.79 Å². The summed E-state index contributed by atoms with van der Waals surface area (Å²) in [6, 6.07) is 19.8. The summed E-state index contributed by atoms with van der Waals surface area (Å²) in [7, 11) is 0. The zero-order chi connectivity index (χ0) is 24.4. The number of fused-ring (bicyclic) bond motifs is 1. The molecule has 176 valence electrons. The van der Waals surface area contributed by atoms with E-state index in [1.54, 1.807) is 5.51 Å². The zero-order valence-electron chi connectivity index (χ0n) is 19.5. The lowest BCUT2D eigenvalue weighted by molar-refractivity contribution is 0.0636. The molecule has 35 heavy (non-hydrogen) atoms. The number of nitrogens with zero attached hydrogens (tertiary/aromatic N) is 4. The first-order valence-corrected chi connectivity index (χ1v) is 11.9. The van der Waals surface area contributed by atoms with Crippen LogP contribution in [0.1, 0.15) is 20.8 Å². The molecule has 0 unspecified atom stereocenters. The van der Waals surface area contributed by atoms with Gasteiger partial charge >= 0.3 is 6.09 Å². The lowest BCUT2D eigenvalue weighted by Crippen LogP contribution is -2.27. The number of carbonyl (C=O) groups excluding carboxylic acids is 1. The van der Waals surface area contributed by atoms with Crippen molar-refractivity contribution in [2.45, 2.75) is 26.4 Å². The van der Waals surface area contributed by atoms with E-state index in [0.29, 0.717) is 5.69 Å². The molecule has 0 aliphatic heterocycles. The number of ether oxygens (including phenoxy) is 1. The number of nitrogens with one attached hydrogen (secondary N) is 2. The van der Waals surface area contributed by atoms with Crippen molar-refractivity contribution in [1.82, 2.24) is 19.6 Å². The number of imidazole rings is 1. The van der Waals surface area contributed by atoms with Crippen LogP contribution < -0.4 is 10.6 Å². The molecule has 5 aromatic rings. The molecule has 0 spiro atoms. The molecule has 2 aromatic carbocycles. The van der Waals surface area contributed by atoms with Gasteiger partial charge in [0.05, 0.1) is 11.9 Å². The zero-order valence-corrected chi connectivity index (χ0v) is 20.3. The van der Waals surface area contributed by atoms with Crippen LogP contribution in [0.2, 0.25) is 0 Å². The Bertz CT molecular complexity index is 1490. The number of hydrogen-bond acceptors (Lipinski definition) is 7. The molecule has 5 rings (SSSR count). The largest absolute Gasteiger partial charge is 0.444 e. The standard InChI is InChI=1S/C26H24N6O2S/c1-26(2,3)34-25(33)30-21-9-4-6-17(12-21)18-10-11-32-22(15-27-23(32)14-18)19-7-5-8-20(13-19)29-24-31-28-16-35-24/h4-16H,1-3H3,(H,29,31)(H,30,33). The second-order valence-electron chi connectivity index (χ2n) is 8.94. The molecule has 9 heteroatoms. The Labute approximate surface area is 206 Å². The highest BCUT2D eigenvalue weighted by molar-refractivity contribution is 7.13. The lowest BCUT2D eigenvalue weighted by Gasteiger charge is -2.19. The van der Waals surface area contributed by atoms with Crippen LogP contribution in [0.5, 0.6) is 0 Å². The molecule has 0 aliphatic rings. The van der Waals surface area contributed by atoms with Crippen molar-refractivity contribution in [3.63, 3.8) is 0 Å². The van der Waals surface area contributed by atoms with E-state index in [0.717, 1.165) is 38.9 Å². The van der Waals surface area contributed by atoms with E-state index in [1.807, 2.05) is 81.7 Å². The summed E-state index contributed by atoms with van der Waals surface area (Å²) < 4.78 is 7.41. The number of anilines is 3. The van der Waals surface area contributed by atoms with Gasteiger partial charge in [0.15, 0.2) is 0 Å². The molecule has 8 nitrogen and oxygen atoms in total. The fraction of sp³-hybridized carbons (Fsp3) is 0.154. The molecule has 1 amide bonds. The third kappa shape index (κ3) is 5.30. The van der Waals surface area contributed by atoms with E-state index in [4.69, 9.17) is 4.74 Å². The minimum absolute atomic E-state index is 0.481. The van der Waals surface area contributed by atoms with Crippen LogP contribution in [0.25, 0.3) is 28.0 Å². The van der Waals surface area contributed by atoms with E-state index < -0.39 is 11.7 Å². The normalized spacial score (nSPS) is 11.4. The monoisotopic (exact) mass is 484 g/mol. The smallest absolute Gasteiger partial charge is 0.412 e. The molecule has 0 saturated heterocycles. The second-order valence-corrected chi connectivity index (χ2v) is 9.78.